The van der Waals surface area contributed by atoms with Crippen molar-refractivity contribution in [3.63, 3.8) is 0 Å². The number of fused-ring (bicyclic) bond motifs is 1. The van der Waals surface area contributed by atoms with Crippen LogP contribution >= 0.6 is 0 Å². The molecule has 0 bridgehead atoms. The van der Waals surface area contributed by atoms with E-state index in [4.69, 9.17) is 10.5 Å². The highest BCUT2D eigenvalue weighted by Crippen LogP contribution is 2.47. The van der Waals surface area contributed by atoms with Crippen LogP contribution in [0.5, 0.6) is 5.75 Å². The van der Waals surface area contributed by atoms with E-state index in [1.807, 2.05) is 12.1 Å². The van der Waals surface area contributed by atoms with Gasteiger partial charge >= 0.3 is 0 Å². The number of rotatable bonds is 3. The SMILES string of the molecule is CC1Oc2ccc(CC3(CN)CC3)cc2NC1=O. The highest BCUT2D eigenvalue weighted by atomic mass is 16.5. The summed E-state index contributed by atoms with van der Waals surface area (Å²) in [5.74, 6) is 0.669. The molecule has 1 unspecified atom stereocenters. The standard InChI is InChI=1S/C14H18N2O2/c1-9-13(17)16-11-6-10(2-3-12(11)18-9)7-14(8-15)4-5-14/h2-3,6,9H,4-5,7-8,15H2,1H3,(H,16,17). The number of nitrogens with two attached hydrogens (primary N) is 1. The summed E-state index contributed by atoms with van der Waals surface area (Å²) >= 11 is 0. The molecule has 1 atom stereocenters. The van der Waals surface area contributed by atoms with Gasteiger partial charge in [-0.05, 0) is 55.8 Å². The molecule has 1 aliphatic carbocycles. The van der Waals surface area contributed by atoms with E-state index in [1.54, 1.807) is 6.92 Å². The molecule has 1 heterocycles. The lowest BCUT2D eigenvalue weighted by atomic mass is 9.96. The second kappa shape index (κ2) is 3.99. The van der Waals surface area contributed by atoms with Crippen molar-refractivity contribution in [1.82, 2.24) is 0 Å². The summed E-state index contributed by atoms with van der Waals surface area (Å²) < 4.78 is 5.53. The van der Waals surface area contributed by atoms with Crippen molar-refractivity contribution in [3.8, 4) is 5.75 Å². The van der Waals surface area contributed by atoms with Gasteiger partial charge in [-0.15, -0.1) is 0 Å². The van der Waals surface area contributed by atoms with Gasteiger partial charge in [0.05, 0.1) is 5.69 Å². The number of nitrogens with one attached hydrogen (secondary N) is 1. The van der Waals surface area contributed by atoms with Gasteiger partial charge in [-0.3, -0.25) is 4.79 Å². The monoisotopic (exact) mass is 246 g/mol. The number of anilines is 1. The zero-order chi connectivity index (χ0) is 12.8. The summed E-state index contributed by atoms with van der Waals surface area (Å²) in [6.45, 7) is 2.49. The fourth-order valence-corrected chi connectivity index (χ4v) is 2.43. The lowest BCUT2D eigenvalue weighted by Gasteiger charge is -2.24. The zero-order valence-electron chi connectivity index (χ0n) is 10.5. The average Bonchev–Trinajstić information content (AvgIpc) is 3.12. The molecule has 0 spiro atoms. The van der Waals surface area contributed by atoms with Gasteiger partial charge in [0.25, 0.3) is 5.91 Å². The van der Waals surface area contributed by atoms with Gasteiger partial charge < -0.3 is 15.8 Å². The highest BCUT2D eigenvalue weighted by molar-refractivity contribution is 5.97. The Hall–Kier alpha value is -1.55. The summed E-state index contributed by atoms with van der Waals surface area (Å²) in [6, 6.07) is 6.01. The van der Waals surface area contributed by atoms with Crippen LogP contribution in [0.15, 0.2) is 18.2 Å². The topological polar surface area (TPSA) is 64.3 Å². The van der Waals surface area contributed by atoms with E-state index in [-0.39, 0.29) is 5.91 Å². The lowest BCUT2D eigenvalue weighted by molar-refractivity contribution is -0.122. The smallest absolute Gasteiger partial charge is 0.265 e. The van der Waals surface area contributed by atoms with Crippen molar-refractivity contribution in [1.29, 1.82) is 0 Å². The van der Waals surface area contributed by atoms with Crippen LogP contribution in [0.25, 0.3) is 0 Å². The summed E-state index contributed by atoms with van der Waals surface area (Å²) in [6.07, 6.45) is 2.99. The summed E-state index contributed by atoms with van der Waals surface area (Å²) in [5, 5.41) is 2.88. The summed E-state index contributed by atoms with van der Waals surface area (Å²) in [5.41, 5.74) is 8.11. The van der Waals surface area contributed by atoms with Crippen molar-refractivity contribution >= 4 is 11.6 Å². The van der Waals surface area contributed by atoms with E-state index < -0.39 is 6.10 Å². The van der Waals surface area contributed by atoms with Gasteiger partial charge in [-0.2, -0.15) is 0 Å². The number of carbonyl (C=O) groups excluding carboxylic acids is 1. The summed E-state index contributed by atoms with van der Waals surface area (Å²) in [4.78, 5) is 11.6. The van der Waals surface area contributed by atoms with Crippen LogP contribution in [-0.4, -0.2) is 18.6 Å². The quantitative estimate of drug-likeness (QED) is 0.853. The Balaban J connectivity index is 1.83. The molecule has 1 fully saturated rings. The normalized spacial score (nSPS) is 23.9. The predicted molar refractivity (Wildman–Crippen MR) is 69.6 cm³/mol. The summed E-state index contributed by atoms with van der Waals surface area (Å²) in [7, 11) is 0. The fraction of sp³-hybridized carbons (Fsp3) is 0.500. The molecule has 1 aromatic rings. The van der Waals surface area contributed by atoms with Gasteiger partial charge in [-0.1, -0.05) is 6.07 Å². The Bertz CT molecular complexity index is 495. The molecule has 1 aromatic carbocycles. The number of hydrogen-bond donors (Lipinski definition) is 2. The molecule has 96 valence electrons. The first kappa shape index (κ1) is 11.5. The van der Waals surface area contributed by atoms with Crippen molar-refractivity contribution in [3.05, 3.63) is 23.8 Å². The van der Waals surface area contributed by atoms with Gasteiger partial charge in [0.15, 0.2) is 6.10 Å². The lowest BCUT2D eigenvalue weighted by Crippen LogP contribution is -2.34. The van der Waals surface area contributed by atoms with Gasteiger partial charge in [-0.25, -0.2) is 0 Å². The minimum absolute atomic E-state index is 0.0837. The molecule has 0 aromatic heterocycles. The maximum Gasteiger partial charge on any atom is 0.265 e. The van der Waals surface area contributed by atoms with Crippen molar-refractivity contribution in [2.24, 2.45) is 11.1 Å². The van der Waals surface area contributed by atoms with E-state index >= 15 is 0 Å². The van der Waals surface area contributed by atoms with E-state index in [9.17, 15) is 4.79 Å². The molecule has 0 radical (unpaired) electrons. The highest BCUT2D eigenvalue weighted by Gasteiger charge is 2.41. The zero-order valence-corrected chi connectivity index (χ0v) is 10.5. The molecular formula is C14H18N2O2. The number of ether oxygens (including phenoxy) is 1. The second-order valence-corrected chi connectivity index (χ2v) is 5.46. The minimum Gasteiger partial charge on any atom is -0.479 e. The molecule has 3 rings (SSSR count). The number of carbonyl (C=O) groups is 1. The molecule has 3 N–H and O–H groups in total. The molecule has 1 aliphatic heterocycles. The minimum atomic E-state index is -0.415. The third-order valence-corrected chi connectivity index (χ3v) is 3.94. The first-order chi connectivity index (χ1) is 8.62. The average molecular weight is 246 g/mol. The van der Waals surface area contributed by atoms with Crippen molar-refractivity contribution < 1.29 is 9.53 Å². The van der Waals surface area contributed by atoms with E-state index in [1.165, 1.54) is 18.4 Å². The van der Waals surface area contributed by atoms with Crippen molar-refractivity contribution in [2.45, 2.75) is 32.3 Å². The Morgan fingerprint density at radius 2 is 2.28 bits per heavy atom. The molecule has 18 heavy (non-hydrogen) atoms. The van der Waals surface area contributed by atoms with Crippen LogP contribution in [0.1, 0.15) is 25.3 Å². The Kier molecular flexibility index (Phi) is 2.55. The largest absolute Gasteiger partial charge is 0.479 e. The van der Waals surface area contributed by atoms with E-state index in [0.717, 1.165) is 24.4 Å². The Labute approximate surface area is 107 Å². The molecular weight excluding hydrogens is 228 g/mol. The Morgan fingerprint density at radius 1 is 1.50 bits per heavy atom. The fourth-order valence-electron chi connectivity index (χ4n) is 2.43. The molecule has 1 amide bonds. The van der Waals surface area contributed by atoms with Crippen LogP contribution < -0.4 is 15.8 Å². The second-order valence-electron chi connectivity index (χ2n) is 5.46. The van der Waals surface area contributed by atoms with Crippen LogP contribution in [-0.2, 0) is 11.2 Å². The number of benzene rings is 1. The Morgan fingerprint density at radius 3 is 2.94 bits per heavy atom. The van der Waals surface area contributed by atoms with Crippen LogP contribution in [0.4, 0.5) is 5.69 Å². The maximum atomic E-state index is 11.6. The molecule has 4 nitrogen and oxygen atoms in total. The van der Waals surface area contributed by atoms with Gasteiger partial charge in [0.2, 0.25) is 0 Å². The van der Waals surface area contributed by atoms with Crippen LogP contribution in [0.3, 0.4) is 0 Å². The molecule has 4 heteroatoms. The number of amides is 1. The van der Waals surface area contributed by atoms with Gasteiger partial charge in [0, 0.05) is 0 Å². The first-order valence-corrected chi connectivity index (χ1v) is 6.42. The molecule has 1 saturated carbocycles. The molecule has 2 aliphatic rings. The van der Waals surface area contributed by atoms with Crippen LogP contribution in [0.2, 0.25) is 0 Å². The van der Waals surface area contributed by atoms with Crippen LogP contribution in [0, 0.1) is 5.41 Å². The van der Waals surface area contributed by atoms with Crippen molar-refractivity contribution in [2.75, 3.05) is 11.9 Å². The van der Waals surface area contributed by atoms with Gasteiger partial charge in [0.1, 0.15) is 5.75 Å². The molecule has 0 saturated heterocycles. The first-order valence-electron chi connectivity index (χ1n) is 6.42. The third kappa shape index (κ3) is 1.97. The predicted octanol–water partition coefficient (Wildman–Crippen LogP) is 1.69. The third-order valence-electron chi connectivity index (χ3n) is 3.94. The number of hydrogen-bond acceptors (Lipinski definition) is 3. The maximum absolute atomic E-state index is 11.6. The van der Waals surface area contributed by atoms with E-state index in [0.29, 0.717) is 5.41 Å². The van der Waals surface area contributed by atoms with E-state index in [2.05, 4.69) is 11.4 Å².